The van der Waals surface area contributed by atoms with Crippen molar-refractivity contribution < 1.29 is 4.79 Å². The second-order valence-corrected chi connectivity index (χ2v) is 5.74. The van der Waals surface area contributed by atoms with Crippen LogP contribution in [0.3, 0.4) is 0 Å². The Morgan fingerprint density at radius 1 is 1.35 bits per heavy atom. The van der Waals surface area contributed by atoms with Crippen LogP contribution in [-0.4, -0.2) is 34.6 Å². The fourth-order valence-corrected chi connectivity index (χ4v) is 2.93. The van der Waals surface area contributed by atoms with Gasteiger partial charge in [-0.05, 0) is 30.3 Å². The summed E-state index contributed by atoms with van der Waals surface area (Å²) in [6, 6.07) is 9.13. The maximum Gasteiger partial charge on any atom is 0.191 e. The molecular formula is C17H13ClN4O. The molecule has 5 nitrogen and oxygen atoms in total. The highest BCUT2D eigenvalue weighted by Crippen LogP contribution is 2.32. The summed E-state index contributed by atoms with van der Waals surface area (Å²) >= 11 is 6.08. The lowest BCUT2D eigenvalue weighted by molar-refractivity contribution is 0.104. The van der Waals surface area contributed by atoms with Gasteiger partial charge in [0.1, 0.15) is 11.7 Å². The fourth-order valence-electron chi connectivity index (χ4n) is 2.76. The molecule has 2 aliphatic heterocycles. The molecular weight excluding hydrogens is 312 g/mol. The molecule has 0 spiro atoms. The number of hydrogen-bond donors (Lipinski definition) is 1. The molecule has 0 bridgehead atoms. The Bertz CT molecular complexity index is 845. The van der Waals surface area contributed by atoms with Gasteiger partial charge in [-0.3, -0.25) is 14.8 Å². The Hall–Kier alpha value is -2.66. The normalized spacial score (nSPS) is 17.3. The average Bonchev–Trinajstić information content (AvgIpc) is 3.05. The molecule has 2 aliphatic rings. The third-order valence-electron chi connectivity index (χ3n) is 3.83. The Morgan fingerprint density at radius 3 is 3.09 bits per heavy atom. The van der Waals surface area contributed by atoms with Crippen LogP contribution in [0.5, 0.6) is 0 Å². The summed E-state index contributed by atoms with van der Waals surface area (Å²) in [5.41, 5.74) is 2.41. The zero-order valence-electron chi connectivity index (χ0n) is 12.2. The van der Waals surface area contributed by atoms with Crippen LogP contribution in [0.2, 0.25) is 5.02 Å². The number of amidine groups is 1. The van der Waals surface area contributed by atoms with Gasteiger partial charge in [0, 0.05) is 41.2 Å². The van der Waals surface area contributed by atoms with E-state index in [0.29, 0.717) is 23.0 Å². The summed E-state index contributed by atoms with van der Waals surface area (Å²) < 4.78 is 0. The van der Waals surface area contributed by atoms with Crippen molar-refractivity contribution in [3.05, 3.63) is 70.8 Å². The van der Waals surface area contributed by atoms with Gasteiger partial charge in [-0.15, -0.1) is 0 Å². The smallest absolute Gasteiger partial charge is 0.191 e. The van der Waals surface area contributed by atoms with Gasteiger partial charge in [0.05, 0.1) is 12.2 Å². The maximum absolute atomic E-state index is 12.4. The number of benzene rings is 1. The first-order valence-corrected chi connectivity index (χ1v) is 7.65. The highest BCUT2D eigenvalue weighted by atomic mass is 35.5. The van der Waals surface area contributed by atoms with Gasteiger partial charge in [0.25, 0.3) is 0 Å². The predicted octanol–water partition coefficient (Wildman–Crippen LogP) is 2.95. The minimum absolute atomic E-state index is 0.0997. The van der Waals surface area contributed by atoms with Crippen LogP contribution in [-0.2, 0) is 0 Å². The van der Waals surface area contributed by atoms with Crippen molar-refractivity contribution >= 4 is 28.9 Å². The van der Waals surface area contributed by atoms with Crippen LogP contribution in [0.25, 0.3) is 0 Å². The largest absolute Gasteiger partial charge is 0.341 e. The van der Waals surface area contributed by atoms with E-state index in [1.165, 1.54) is 0 Å². The molecule has 2 aromatic rings. The van der Waals surface area contributed by atoms with Gasteiger partial charge >= 0.3 is 0 Å². The molecule has 3 heterocycles. The van der Waals surface area contributed by atoms with E-state index in [1.54, 1.807) is 30.6 Å². The standard InChI is InChI=1S/C17H13ClN4O/c18-12-3-4-13-14(8-12)21-16(22-7-6-20-17(13)22)9-15(23)11-2-1-5-19-10-11/h1-5,8-10,21H,6-7H2/b16-9+. The van der Waals surface area contributed by atoms with Gasteiger partial charge in [-0.25, -0.2) is 0 Å². The van der Waals surface area contributed by atoms with E-state index in [4.69, 9.17) is 11.6 Å². The summed E-state index contributed by atoms with van der Waals surface area (Å²) in [7, 11) is 0. The van der Waals surface area contributed by atoms with E-state index in [2.05, 4.69) is 15.3 Å². The quantitative estimate of drug-likeness (QED) is 0.681. The van der Waals surface area contributed by atoms with E-state index < -0.39 is 0 Å². The van der Waals surface area contributed by atoms with Crippen LogP contribution < -0.4 is 5.32 Å². The van der Waals surface area contributed by atoms with E-state index in [9.17, 15) is 4.79 Å². The third kappa shape index (κ3) is 2.49. The molecule has 1 aromatic heterocycles. The minimum Gasteiger partial charge on any atom is -0.341 e. The molecule has 0 aliphatic carbocycles. The number of ketones is 1. The molecule has 1 N–H and O–H groups in total. The summed E-state index contributed by atoms with van der Waals surface area (Å²) in [6.45, 7) is 1.45. The summed E-state index contributed by atoms with van der Waals surface area (Å²) in [5.74, 6) is 1.49. The van der Waals surface area contributed by atoms with Crippen molar-refractivity contribution in [2.75, 3.05) is 18.4 Å². The highest BCUT2D eigenvalue weighted by Gasteiger charge is 2.29. The number of fused-ring (bicyclic) bond motifs is 3. The number of hydrogen-bond acceptors (Lipinski definition) is 5. The molecule has 0 saturated heterocycles. The number of aliphatic imine (C=N–C) groups is 1. The van der Waals surface area contributed by atoms with E-state index >= 15 is 0 Å². The number of rotatable bonds is 2. The Labute approximate surface area is 138 Å². The first-order valence-electron chi connectivity index (χ1n) is 7.27. The summed E-state index contributed by atoms with van der Waals surface area (Å²) in [6.07, 6.45) is 4.79. The number of anilines is 1. The number of carbonyl (C=O) groups excluding carboxylic acids is 1. The fraction of sp³-hybridized carbons (Fsp3) is 0.118. The molecule has 4 rings (SSSR count). The molecule has 0 atom stereocenters. The van der Waals surface area contributed by atoms with E-state index in [0.717, 1.165) is 23.6 Å². The molecule has 0 radical (unpaired) electrons. The summed E-state index contributed by atoms with van der Waals surface area (Å²) in [5, 5.41) is 3.93. The van der Waals surface area contributed by atoms with E-state index in [1.807, 2.05) is 23.1 Å². The number of nitrogens with zero attached hydrogens (tertiary/aromatic N) is 3. The molecule has 114 valence electrons. The van der Waals surface area contributed by atoms with Gasteiger partial charge < -0.3 is 10.2 Å². The number of aromatic nitrogens is 1. The number of carbonyl (C=O) groups is 1. The topological polar surface area (TPSA) is 57.6 Å². The van der Waals surface area contributed by atoms with Crippen molar-refractivity contribution in [3.8, 4) is 0 Å². The second-order valence-electron chi connectivity index (χ2n) is 5.31. The lowest BCUT2D eigenvalue weighted by Gasteiger charge is -2.31. The molecule has 1 aromatic carbocycles. The highest BCUT2D eigenvalue weighted by molar-refractivity contribution is 6.31. The third-order valence-corrected chi connectivity index (χ3v) is 4.07. The lowest BCUT2D eigenvalue weighted by atomic mass is 10.1. The van der Waals surface area contributed by atoms with Crippen LogP contribution in [0, 0.1) is 0 Å². The second kappa shape index (κ2) is 5.52. The Balaban J connectivity index is 1.74. The molecule has 6 heteroatoms. The zero-order chi connectivity index (χ0) is 15.8. The zero-order valence-corrected chi connectivity index (χ0v) is 12.9. The minimum atomic E-state index is -0.0997. The monoisotopic (exact) mass is 324 g/mol. The Kier molecular flexibility index (Phi) is 3.35. The molecule has 0 fully saturated rings. The van der Waals surface area contributed by atoms with E-state index in [-0.39, 0.29) is 5.78 Å². The summed E-state index contributed by atoms with van der Waals surface area (Å²) in [4.78, 5) is 23.0. The Morgan fingerprint density at radius 2 is 2.26 bits per heavy atom. The van der Waals surface area contributed by atoms with Crippen LogP contribution in [0.4, 0.5) is 5.69 Å². The van der Waals surface area contributed by atoms with Crippen molar-refractivity contribution in [1.29, 1.82) is 0 Å². The van der Waals surface area contributed by atoms with Crippen molar-refractivity contribution in [3.63, 3.8) is 0 Å². The molecule has 0 saturated carbocycles. The lowest BCUT2D eigenvalue weighted by Crippen LogP contribution is -2.36. The maximum atomic E-state index is 12.4. The van der Waals surface area contributed by atoms with Crippen LogP contribution >= 0.6 is 11.6 Å². The van der Waals surface area contributed by atoms with Gasteiger partial charge in [-0.2, -0.15) is 0 Å². The molecule has 0 amide bonds. The molecule has 0 unspecified atom stereocenters. The van der Waals surface area contributed by atoms with Crippen molar-refractivity contribution in [1.82, 2.24) is 9.88 Å². The number of halogens is 1. The van der Waals surface area contributed by atoms with Gasteiger partial charge in [-0.1, -0.05) is 11.6 Å². The average molecular weight is 325 g/mol. The number of allylic oxidation sites excluding steroid dienone is 1. The van der Waals surface area contributed by atoms with Crippen LogP contribution in [0.15, 0.2) is 59.6 Å². The number of pyridine rings is 1. The first kappa shape index (κ1) is 14.0. The van der Waals surface area contributed by atoms with Crippen molar-refractivity contribution in [2.45, 2.75) is 0 Å². The van der Waals surface area contributed by atoms with Gasteiger partial charge in [0.15, 0.2) is 5.78 Å². The van der Waals surface area contributed by atoms with Crippen LogP contribution in [0.1, 0.15) is 15.9 Å². The van der Waals surface area contributed by atoms with Crippen molar-refractivity contribution in [2.24, 2.45) is 4.99 Å². The SMILES string of the molecule is O=C(/C=C1\Nc2cc(Cl)ccc2C2=NCCN21)c1cccnc1. The predicted molar refractivity (Wildman–Crippen MR) is 89.8 cm³/mol. The number of nitrogens with one attached hydrogen (secondary N) is 1. The molecule has 23 heavy (non-hydrogen) atoms. The first-order chi connectivity index (χ1) is 11.2. The van der Waals surface area contributed by atoms with Gasteiger partial charge in [0.2, 0.25) is 0 Å².